The molecule has 146 valence electrons. The van der Waals surface area contributed by atoms with E-state index < -0.39 is 24.4 Å². The molecule has 0 unspecified atom stereocenters. The first-order valence-electron chi connectivity index (χ1n) is 8.79. The van der Waals surface area contributed by atoms with E-state index in [-0.39, 0.29) is 12.3 Å². The van der Waals surface area contributed by atoms with Crippen molar-refractivity contribution in [2.24, 2.45) is 5.92 Å². The van der Waals surface area contributed by atoms with Crippen molar-refractivity contribution in [3.05, 3.63) is 40.2 Å². The Bertz CT molecular complexity index is 926. The number of nitrogens with one attached hydrogen (secondary N) is 2. The van der Waals surface area contributed by atoms with Crippen molar-refractivity contribution in [1.29, 1.82) is 5.26 Å². The predicted molar refractivity (Wildman–Crippen MR) is 101 cm³/mol. The zero-order chi connectivity index (χ0) is 20.1. The molecule has 8 nitrogen and oxygen atoms in total. The first kappa shape index (κ1) is 19.6. The second-order valence-electron chi connectivity index (χ2n) is 6.54. The molecule has 1 atom stereocenters. The van der Waals surface area contributed by atoms with Gasteiger partial charge in [-0.2, -0.15) is 5.26 Å². The lowest BCUT2D eigenvalue weighted by Gasteiger charge is -2.17. The SMILES string of the molecule is C[C@H]1CCc2c(sc(NC(=O)COC(=O)CNC(=O)c3ccco3)c2C#N)C1. The van der Waals surface area contributed by atoms with Crippen molar-refractivity contribution in [3.63, 3.8) is 0 Å². The van der Waals surface area contributed by atoms with Crippen LogP contribution in [0.4, 0.5) is 5.00 Å². The predicted octanol–water partition coefficient (Wildman–Crippen LogP) is 2.25. The van der Waals surface area contributed by atoms with Crippen LogP contribution in [0.15, 0.2) is 22.8 Å². The van der Waals surface area contributed by atoms with E-state index in [4.69, 9.17) is 9.15 Å². The Labute approximate surface area is 165 Å². The van der Waals surface area contributed by atoms with E-state index in [2.05, 4.69) is 23.6 Å². The average molecular weight is 401 g/mol. The molecule has 2 aromatic heterocycles. The molecule has 0 bridgehead atoms. The van der Waals surface area contributed by atoms with Gasteiger partial charge in [0.2, 0.25) is 0 Å². The number of amides is 2. The Kier molecular flexibility index (Phi) is 6.11. The molecule has 0 radical (unpaired) electrons. The Hall–Kier alpha value is -3.12. The molecule has 28 heavy (non-hydrogen) atoms. The van der Waals surface area contributed by atoms with Crippen LogP contribution < -0.4 is 10.6 Å². The lowest BCUT2D eigenvalue weighted by Crippen LogP contribution is -2.32. The van der Waals surface area contributed by atoms with E-state index >= 15 is 0 Å². The molecule has 0 fully saturated rings. The quantitative estimate of drug-likeness (QED) is 0.716. The number of furan rings is 1. The van der Waals surface area contributed by atoms with E-state index in [1.54, 1.807) is 6.07 Å². The summed E-state index contributed by atoms with van der Waals surface area (Å²) in [7, 11) is 0. The molecule has 0 saturated heterocycles. The fraction of sp³-hybridized carbons (Fsp3) is 0.368. The number of fused-ring (bicyclic) bond motifs is 1. The van der Waals surface area contributed by atoms with Gasteiger partial charge >= 0.3 is 5.97 Å². The third-order valence-electron chi connectivity index (χ3n) is 4.38. The van der Waals surface area contributed by atoms with Gasteiger partial charge in [-0.1, -0.05) is 6.92 Å². The lowest BCUT2D eigenvalue weighted by atomic mass is 9.89. The number of esters is 1. The molecule has 2 amide bonds. The van der Waals surface area contributed by atoms with Crippen LogP contribution in [-0.2, 0) is 27.2 Å². The van der Waals surface area contributed by atoms with Gasteiger partial charge in [0.1, 0.15) is 17.6 Å². The van der Waals surface area contributed by atoms with Gasteiger partial charge < -0.3 is 19.8 Å². The summed E-state index contributed by atoms with van der Waals surface area (Å²) in [6.45, 7) is 1.28. The molecule has 0 aromatic carbocycles. The summed E-state index contributed by atoms with van der Waals surface area (Å²) in [5.41, 5.74) is 1.51. The fourth-order valence-electron chi connectivity index (χ4n) is 2.96. The van der Waals surface area contributed by atoms with E-state index in [0.717, 1.165) is 29.7 Å². The van der Waals surface area contributed by atoms with Crippen LogP contribution in [0.25, 0.3) is 0 Å². The Morgan fingerprint density at radius 1 is 1.43 bits per heavy atom. The van der Waals surface area contributed by atoms with Crippen molar-refractivity contribution in [2.75, 3.05) is 18.5 Å². The lowest BCUT2D eigenvalue weighted by molar-refractivity contribution is -0.146. The monoisotopic (exact) mass is 401 g/mol. The number of thiophene rings is 1. The van der Waals surface area contributed by atoms with Crippen LogP contribution in [-0.4, -0.2) is 30.9 Å². The molecule has 2 heterocycles. The van der Waals surface area contributed by atoms with Crippen molar-refractivity contribution in [1.82, 2.24) is 5.32 Å². The minimum Gasteiger partial charge on any atom is -0.459 e. The second-order valence-corrected chi connectivity index (χ2v) is 7.64. The van der Waals surface area contributed by atoms with Gasteiger partial charge in [0.05, 0.1) is 11.8 Å². The van der Waals surface area contributed by atoms with Gasteiger partial charge in [-0.15, -0.1) is 11.3 Å². The number of carbonyl (C=O) groups is 3. The van der Waals surface area contributed by atoms with Crippen molar-refractivity contribution in [2.45, 2.75) is 26.2 Å². The van der Waals surface area contributed by atoms with E-state index in [1.807, 2.05) is 0 Å². The van der Waals surface area contributed by atoms with E-state index in [1.165, 1.54) is 23.7 Å². The minimum absolute atomic E-state index is 0.0746. The number of carbonyl (C=O) groups excluding carboxylic acids is 3. The smallest absolute Gasteiger partial charge is 0.325 e. The van der Waals surface area contributed by atoms with Crippen LogP contribution in [0, 0.1) is 17.2 Å². The summed E-state index contributed by atoms with van der Waals surface area (Å²) in [5, 5.41) is 14.9. The van der Waals surface area contributed by atoms with Gasteiger partial charge in [0.25, 0.3) is 11.8 Å². The van der Waals surface area contributed by atoms with Gasteiger partial charge in [-0.3, -0.25) is 14.4 Å². The summed E-state index contributed by atoms with van der Waals surface area (Å²) in [5.74, 6) is -1.21. The molecule has 2 N–H and O–H groups in total. The molecular formula is C19H19N3O5S. The van der Waals surface area contributed by atoms with Gasteiger partial charge in [0.15, 0.2) is 12.4 Å². The number of nitrogens with zero attached hydrogens (tertiary/aromatic N) is 1. The summed E-state index contributed by atoms with van der Waals surface area (Å²) in [6, 6.07) is 5.18. The number of hydrogen-bond donors (Lipinski definition) is 2. The molecule has 0 aliphatic heterocycles. The number of hydrogen-bond acceptors (Lipinski definition) is 7. The van der Waals surface area contributed by atoms with Gasteiger partial charge in [-0.05, 0) is 42.9 Å². The van der Waals surface area contributed by atoms with Crippen LogP contribution in [0.1, 0.15) is 39.9 Å². The first-order chi connectivity index (χ1) is 13.5. The molecule has 0 saturated carbocycles. The molecule has 3 rings (SSSR count). The maximum absolute atomic E-state index is 12.1. The third-order valence-corrected chi connectivity index (χ3v) is 5.55. The highest BCUT2D eigenvalue weighted by molar-refractivity contribution is 7.16. The van der Waals surface area contributed by atoms with E-state index in [0.29, 0.717) is 16.5 Å². The molecule has 0 spiro atoms. The topological polar surface area (TPSA) is 121 Å². The zero-order valence-corrected chi connectivity index (χ0v) is 16.1. The van der Waals surface area contributed by atoms with E-state index in [9.17, 15) is 19.6 Å². The molecular weight excluding hydrogens is 382 g/mol. The number of ether oxygens (including phenoxy) is 1. The van der Waals surface area contributed by atoms with Crippen molar-refractivity contribution in [3.8, 4) is 6.07 Å². The Morgan fingerprint density at radius 2 is 2.25 bits per heavy atom. The maximum atomic E-state index is 12.1. The normalized spacial score (nSPS) is 15.2. The summed E-state index contributed by atoms with van der Waals surface area (Å²) in [4.78, 5) is 36.6. The standard InChI is InChI=1S/C19H19N3O5S/c1-11-4-5-12-13(8-20)19(28-15(12)7-11)22-16(23)10-27-17(24)9-21-18(25)14-3-2-6-26-14/h2-3,6,11H,4-5,7,9-10H2,1H3,(H,21,25)(H,22,23)/t11-/m0/s1. The number of nitriles is 1. The highest BCUT2D eigenvalue weighted by atomic mass is 32.1. The molecule has 2 aromatic rings. The summed E-state index contributed by atoms with van der Waals surface area (Å²) in [6.07, 6.45) is 4.09. The van der Waals surface area contributed by atoms with Crippen LogP contribution in [0.2, 0.25) is 0 Å². The fourth-order valence-corrected chi connectivity index (χ4v) is 4.34. The highest BCUT2D eigenvalue weighted by Crippen LogP contribution is 2.39. The number of rotatable bonds is 6. The second kappa shape index (κ2) is 8.71. The summed E-state index contributed by atoms with van der Waals surface area (Å²) >= 11 is 1.40. The maximum Gasteiger partial charge on any atom is 0.325 e. The zero-order valence-electron chi connectivity index (χ0n) is 15.2. The molecule has 9 heteroatoms. The average Bonchev–Trinajstić information content (AvgIpc) is 3.31. The Morgan fingerprint density at radius 3 is 2.96 bits per heavy atom. The third kappa shape index (κ3) is 4.58. The molecule has 1 aliphatic rings. The minimum atomic E-state index is -0.755. The Balaban J connectivity index is 1.49. The van der Waals surface area contributed by atoms with Crippen LogP contribution >= 0.6 is 11.3 Å². The van der Waals surface area contributed by atoms with Crippen molar-refractivity contribution >= 4 is 34.1 Å². The first-order valence-corrected chi connectivity index (χ1v) is 9.61. The summed E-state index contributed by atoms with van der Waals surface area (Å²) < 4.78 is 9.76. The van der Waals surface area contributed by atoms with Crippen molar-refractivity contribution < 1.29 is 23.5 Å². The van der Waals surface area contributed by atoms with Gasteiger partial charge in [-0.25, -0.2) is 0 Å². The highest BCUT2D eigenvalue weighted by Gasteiger charge is 2.24. The van der Waals surface area contributed by atoms with Crippen LogP contribution in [0.5, 0.6) is 0 Å². The molecule has 1 aliphatic carbocycles. The largest absolute Gasteiger partial charge is 0.459 e. The van der Waals surface area contributed by atoms with Gasteiger partial charge in [0, 0.05) is 4.88 Å². The van der Waals surface area contributed by atoms with Crippen LogP contribution in [0.3, 0.4) is 0 Å². The number of anilines is 1.